The van der Waals surface area contributed by atoms with Gasteiger partial charge in [0, 0.05) is 47.3 Å². The van der Waals surface area contributed by atoms with E-state index in [4.69, 9.17) is 0 Å². The lowest BCUT2D eigenvalue weighted by Gasteiger charge is -2.39. The summed E-state index contributed by atoms with van der Waals surface area (Å²) in [6.07, 6.45) is 9.22. The first-order valence-corrected chi connectivity index (χ1v) is 16.8. The Bertz CT molecular complexity index is 1550. The standard InChI is InChI=1S/C36H32N2Si/c1-39(2)35(37-23-21-27-13-9-11-19-31(27)25-37)33(29-15-5-3-6-16-29)34(30-17-7-4-8-18-30)36(39)38-24-22-28-14-10-12-20-32(28)26-38/h3-24H,25-26H2,1-2H3. The minimum absolute atomic E-state index is 0.892. The number of benzene rings is 4. The lowest BCUT2D eigenvalue weighted by Crippen LogP contribution is -2.43. The third-order valence-corrected chi connectivity index (χ3v) is 11.7. The molecule has 0 radical (unpaired) electrons. The maximum atomic E-state index is 2.55. The van der Waals surface area contributed by atoms with E-state index in [2.05, 4.69) is 157 Å². The lowest BCUT2D eigenvalue weighted by atomic mass is 9.92. The molecule has 0 aliphatic carbocycles. The zero-order valence-electron chi connectivity index (χ0n) is 22.5. The highest BCUT2D eigenvalue weighted by Gasteiger charge is 2.47. The Labute approximate surface area is 232 Å². The molecule has 0 unspecified atom stereocenters. The van der Waals surface area contributed by atoms with E-state index >= 15 is 0 Å². The van der Waals surface area contributed by atoms with Crippen LogP contribution in [0.1, 0.15) is 33.4 Å². The molecule has 4 aromatic carbocycles. The quantitative estimate of drug-likeness (QED) is 0.249. The van der Waals surface area contributed by atoms with Crippen molar-refractivity contribution < 1.29 is 0 Å². The van der Waals surface area contributed by atoms with Crippen LogP contribution >= 0.6 is 0 Å². The third-order valence-electron chi connectivity index (χ3n) is 8.27. The molecule has 7 rings (SSSR count). The van der Waals surface area contributed by atoms with Crippen molar-refractivity contribution >= 4 is 31.4 Å². The third kappa shape index (κ3) is 4.01. The molecule has 39 heavy (non-hydrogen) atoms. The number of hydrogen-bond donors (Lipinski definition) is 0. The number of nitrogens with zero attached hydrogens (tertiary/aromatic N) is 2. The SMILES string of the molecule is C[Si]1(C)C(N2C=Cc3ccccc3C2)=C(c2ccccc2)C(c2ccccc2)=C1N1C=Cc2ccccc2C1. The van der Waals surface area contributed by atoms with Crippen LogP contribution < -0.4 is 0 Å². The fourth-order valence-electron chi connectivity index (χ4n) is 6.55. The fraction of sp³-hybridized carbons (Fsp3) is 0.111. The number of hydrogen-bond acceptors (Lipinski definition) is 2. The predicted octanol–water partition coefficient (Wildman–Crippen LogP) is 8.58. The van der Waals surface area contributed by atoms with Crippen molar-refractivity contribution in [2.75, 3.05) is 0 Å². The van der Waals surface area contributed by atoms with E-state index in [0.717, 1.165) is 13.1 Å². The van der Waals surface area contributed by atoms with Crippen molar-refractivity contribution in [3.8, 4) is 0 Å². The molecule has 0 atom stereocenters. The summed E-state index contributed by atoms with van der Waals surface area (Å²) < 4.78 is 0. The van der Waals surface area contributed by atoms with Gasteiger partial charge in [0.25, 0.3) is 0 Å². The summed E-state index contributed by atoms with van der Waals surface area (Å²) in [5, 5.41) is 2.97. The van der Waals surface area contributed by atoms with Gasteiger partial charge in [-0.2, -0.15) is 0 Å². The number of allylic oxidation sites excluding steroid dienone is 2. The first kappa shape index (κ1) is 23.8. The summed E-state index contributed by atoms with van der Waals surface area (Å²) in [5.41, 5.74) is 10.7. The van der Waals surface area contributed by atoms with Gasteiger partial charge in [-0.3, -0.25) is 0 Å². The van der Waals surface area contributed by atoms with Gasteiger partial charge >= 0.3 is 0 Å². The molecule has 3 heteroatoms. The molecule has 3 heterocycles. The predicted molar refractivity (Wildman–Crippen MR) is 166 cm³/mol. The molecule has 190 valence electrons. The molecule has 3 aliphatic rings. The molecule has 0 spiro atoms. The van der Waals surface area contributed by atoms with Gasteiger partial charge in [-0.1, -0.05) is 122 Å². The van der Waals surface area contributed by atoms with Crippen molar-refractivity contribution in [1.29, 1.82) is 0 Å². The highest BCUT2D eigenvalue weighted by atomic mass is 28.3. The second-order valence-electron chi connectivity index (χ2n) is 11.1. The molecule has 0 bridgehead atoms. The minimum Gasteiger partial charge on any atom is -0.350 e. The van der Waals surface area contributed by atoms with E-state index in [0.29, 0.717) is 0 Å². The van der Waals surface area contributed by atoms with Gasteiger partial charge < -0.3 is 9.80 Å². The van der Waals surface area contributed by atoms with E-state index in [1.807, 2.05) is 0 Å². The first-order valence-electron chi connectivity index (χ1n) is 13.8. The summed E-state index contributed by atoms with van der Waals surface area (Å²) in [4.78, 5) is 5.10. The van der Waals surface area contributed by atoms with Crippen LogP contribution in [0.2, 0.25) is 13.1 Å². The van der Waals surface area contributed by atoms with Gasteiger partial charge in [0.1, 0.15) is 0 Å². The van der Waals surface area contributed by atoms with Gasteiger partial charge in [-0.05, 0) is 45.5 Å². The Hall–Kier alpha value is -4.34. The van der Waals surface area contributed by atoms with Crippen molar-refractivity contribution in [1.82, 2.24) is 9.80 Å². The van der Waals surface area contributed by atoms with Crippen LogP contribution in [0.3, 0.4) is 0 Å². The maximum Gasteiger partial charge on any atom is 0.154 e. The zero-order chi connectivity index (χ0) is 26.4. The van der Waals surface area contributed by atoms with Crippen molar-refractivity contribution in [2.45, 2.75) is 26.2 Å². The minimum atomic E-state index is -2.20. The van der Waals surface area contributed by atoms with E-state index < -0.39 is 8.07 Å². The van der Waals surface area contributed by atoms with Crippen molar-refractivity contribution in [2.24, 2.45) is 0 Å². The molecule has 0 N–H and O–H groups in total. The van der Waals surface area contributed by atoms with Gasteiger partial charge in [0.05, 0.1) is 0 Å². The second kappa shape index (κ2) is 9.44. The Morgan fingerprint density at radius 2 is 0.872 bits per heavy atom. The molecule has 4 aromatic rings. The van der Waals surface area contributed by atoms with Crippen LogP contribution in [-0.4, -0.2) is 17.9 Å². The molecule has 3 aliphatic heterocycles. The summed E-state index contributed by atoms with van der Waals surface area (Å²) in [6, 6.07) is 39.7. The van der Waals surface area contributed by atoms with Crippen LogP contribution in [0.4, 0.5) is 0 Å². The lowest BCUT2D eigenvalue weighted by molar-refractivity contribution is 0.467. The summed E-state index contributed by atoms with van der Waals surface area (Å²) >= 11 is 0. The molecular formula is C36H32N2Si. The largest absolute Gasteiger partial charge is 0.350 e. The molecule has 2 nitrogen and oxygen atoms in total. The van der Waals surface area contributed by atoms with Crippen LogP contribution in [0.5, 0.6) is 0 Å². The molecule has 0 aromatic heterocycles. The van der Waals surface area contributed by atoms with E-state index in [-0.39, 0.29) is 0 Å². The van der Waals surface area contributed by atoms with E-state index in [1.165, 1.54) is 55.2 Å². The van der Waals surface area contributed by atoms with E-state index in [9.17, 15) is 0 Å². The maximum absolute atomic E-state index is 2.55. The fourth-order valence-corrected chi connectivity index (χ4v) is 10.3. The molecule has 0 fully saturated rings. The molecular weight excluding hydrogens is 488 g/mol. The van der Waals surface area contributed by atoms with Gasteiger partial charge in [-0.25, -0.2) is 0 Å². The Morgan fingerprint density at radius 1 is 0.487 bits per heavy atom. The van der Waals surface area contributed by atoms with Crippen LogP contribution in [0, 0.1) is 0 Å². The van der Waals surface area contributed by atoms with Crippen molar-refractivity contribution in [3.63, 3.8) is 0 Å². The molecule has 0 amide bonds. The highest BCUT2D eigenvalue weighted by molar-refractivity contribution is 6.94. The summed E-state index contributed by atoms with van der Waals surface area (Å²) in [7, 11) is -2.20. The Morgan fingerprint density at radius 3 is 1.31 bits per heavy atom. The number of fused-ring (bicyclic) bond motifs is 2. The Balaban J connectivity index is 1.47. The first-order chi connectivity index (χ1) is 19.1. The average Bonchev–Trinajstić information content (AvgIpc) is 3.24. The van der Waals surface area contributed by atoms with Gasteiger partial charge in [-0.15, -0.1) is 0 Å². The Kier molecular flexibility index (Phi) is 5.75. The monoisotopic (exact) mass is 520 g/mol. The van der Waals surface area contributed by atoms with Crippen LogP contribution in [-0.2, 0) is 13.1 Å². The normalized spacial score (nSPS) is 17.5. The smallest absolute Gasteiger partial charge is 0.154 e. The summed E-state index contributed by atoms with van der Waals surface area (Å²) in [6.45, 7) is 6.87. The average molecular weight is 521 g/mol. The van der Waals surface area contributed by atoms with Gasteiger partial charge in [0.15, 0.2) is 8.07 Å². The zero-order valence-corrected chi connectivity index (χ0v) is 23.5. The second-order valence-corrected chi connectivity index (χ2v) is 15.3. The summed E-state index contributed by atoms with van der Waals surface area (Å²) in [5.74, 6) is 0. The molecule has 0 saturated heterocycles. The van der Waals surface area contributed by atoms with Gasteiger partial charge in [0.2, 0.25) is 0 Å². The van der Waals surface area contributed by atoms with Crippen LogP contribution in [0.15, 0.2) is 132 Å². The van der Waals surface area contributed by atoms with E-state index in [1.54, 1.807) is 0 Å². The van der Waals surface area contributed by atoms with Crippen LogP contribution in [0.25, 0.3) is 23.3 Å². The van der Waals surface area contributed by atoms with Crippen molar-refractivity contribution in [3.05, 3.63) is 166 Å². The number of rotatable bonds is 4. The topological polar surface area (TPSA) is 6.48 Å². The highest BCUT2D eigenvalue weighted by Crippen LogP contribution is 2.52. The molecule has 0 saturated carbocycles.